The van der Waals surface area contributed by atoms with E-state index in [4.69, 9.17) is 0 Å². The van der Waals surface area contributed by atoms with Crippen LogP contribution in [0.4, 0.5) is 0 Å². The molecule has 0 aliphatic heterocycles. The number of aryl methyl sites for hydroxylation is 2. The fourth-order valence-electron chi connectivity index (χ4n) is 1.86. The first-order valence-electron chi connectivity index (χ1n) is 6.39. The molecule has 1 nitrogen and oxygen atoms in total. The van der Waals surface area contributed by atoms with Crippen LogP contribution in [0.2, 0.25) is 0 Å². The van der Waals surface area contributed by atoms with Gasteiger partial charge in [-0.15, -0.1) is 0 Å². The van der Waals surface area contributed by atoms with Crippen LogP contribution in [0.15, 0.2) is 18.2 Å². The normalized spacial score (nSPS) is 14.6. The summed E-state index contributed by atoms with van der Waals surface area (Å²) < 4.78 is 0. The van der Waals surface area contributed by atoms with Gasteiger partial charge in [0.25, 0.3) is 0 Å². The minimum Gasteiger partial charge on any atom is -0.392 e. The minimum absolute atomic E-state index is 0.228. The summed E-state index contributed by atoms with van der Waals surface area (Å²) in [6.07, 6.45) is 1.72. The summed E-state index contributed by atoms with van der Waals surface area (Å²) >= 11 is 1.87. The van der Waals surface area contributed by atoms with Crippen molar-refractivity contribution in [2.24, 2.45) is 0 Å². The molecule has 2 heteroatoms. The van der Waals surface area contributed by atoms with E-state index in [2.05, 4.69) is 45.9 Å². The van der Waals surface area contributed by atoms with Crippen molar-refractivity contribution in [3.8, 4) is 0 Å². The topological polar surface area (TPSA) is 20.2 Å². The highest BCUT2D eigenvalue weighted by Crippen LogP contribution is 2.19. The molecule has 0 radical (unpaired) electrons. The predicted molar refractivity (Wildman–Crippen MR) is 77.8 cm³/mol. The SMILES string of the molecule is CCC(C)SCC(O)Cc1c(C)cccc1C. The van der Waals surface area contributed by atoms with E-state index in [-0.39, 0.29) is 6.10 Å². The van der Waals surface area contributed by atoms with Gasteiger partial charge in [0.15, 0.2) is 0 Å². The lowest BCUT2D eigenvalue weighted by molar-refractivity contribution is 0.199. The van der Waals surface area contributed by atoms with Crippen LogP contribution < -0.4 is 0 Å². The van der Waals surface area contributed by atoms with Gasteiger partial charge in [0.2, 0.25) is 0 Å². The maximum atomic E-state index is 10.1. The lowest BCUT2D eigenvalue weighted by atomic mass is 9.98. The van der Waals surface area contributed by atoms with Crippen LogP contribution in [0.5, 0.6) is 0 Å². The Balaban J connectivity index is 2.53. The first-order chi connectivity index (χ1) is 8.04. The molecule has 2 unspecified atom stereocenters. The minimum atomic E-state index is -0.228. The summed E-state index contributed by atoms with van der Waals surface area (Å²) in [5, 5.41) is 10.7. The van der Waals surface area contributed by atoms with Crippen molar-refractivity contribution < 1.29 is 5.11 Å². The van der Waals surface area contributed by atoms with E-state index in [0.29, 0.717) is 5.25 Å². The molecule has 0 aromatic heterocycles. The first-order valence-corrected chi connectivity index (χ1v) is 7.44. The summed E-state index contributed by atoms with van der Waals surface area (Å²) in [7, 11) is 0. The molecule has 0 amide bonds. The fraction of sp³-hybridized carbons (Fsp3) is 0.600. The third kappa shape index (κ3) is 4.72. The third-order valence-corrected chi connectivity index (χ3v) is 4.71. The van der Waals surface area contributed by atoms with Gasteiger partial charge in [-0.05, 0) is 43.4 Å². The van der Waals surface area contributed by atoms with Crippen molar-refractivity contribution in [3.63, 3.8) is 0 Å². The van der Waals surface area contributed by atoms with Crippen molar-refractivity contribution in [3.05, 3.63) is 34.9 Å². The van der Waals surface area contributed by atoms with Crippen molar-refractivity contribution in [1.82, 2.24) is 0 Å². The maximum Gasteiger partial charge on any atom is 0.0671 e. The highest BCUT2D eigenvalue weighted by Gasteiger charge is 2.11. The van der Waals surface area contributed by atoms with Gasteiger partial charge in [-0.3, -0.25) is 0 Å². The smallest absolute Gasteiger partial charge is 0.0671 e. The summed E-state index contributed by atoms with van der Waals surface area (Å²) in [6, 6.07) is 6.32. The Labute approximate surface area is 110 Å². The monoisotopic (exact) mass is 252 g/mol. The Bertz CT molecular complexity index is 329. The summed E-state index contributed by atoms with van der Waals surface area (Å²) in [5.41, 5.74) is 3.89. The highest BCUT2D eigenvalue weighted by molar-refractivity contribution is 7.99. The van der Waals surface area contributed by atoms with E-state index in [9.17, 15) is 5.11 Å². The molecule has 17 heavy (non-hydrogen) atoms. The molecule has 0 aliphatic rings. The molecular weight excluding hydrogens is 228 g/mol. The van der Waals surface area contributed by atoms with E-state index in [1.165, 1.54) is 23.1 Å². The first kappa shape index (κ1) is 14.6. The van der Waals surface area contributed by atoms with Crippen LogP contribution in [0.1, 0.15) is 37.0 Å². The highest BCUT2D eigenvalue weighted by atomic mass is 32.2. The number of benzene rings is 1. The molecule has 0 bridgehead atoms. The molecule has 0 saturated heterocycles. The van der Waals surface area contributed by atoms with Gasteiger partial charge in [0.1, 0.15) is 0 Å². The lowest BCUT2D eigenvalue weighted by Gasteiger charge is -2.16. The number of aliphatic hydroxyl groups excluding tert-OH is 1. The fourth-order valence-corrected chi connectivity index (χ4v) is 2.76. The Kier molecular flexibility index (Phi) is 6.07. The number of aliphatic hydroxyl groups is 1. The molecule has 0 saturated carbocycles. The molecule has 96 valence electrons. The predicted octanol–water partition coefficient (Wildman–Crippen LogP) is 3.74. The standard InChI is InChI=1S/C15H24OS/c1-5-13(4)17-10-14(16)9-15-11(2)7-6-8-12(15)3/h6-8,13-14,16H,5,9-10H2,1-4H3. The van der Waals surface area contributed by atoms with Crippen LogP contribution in [-0.2, 0) is 6.42 Å². The lowest BCUT2D eigenvalue weighted by Crippen LogP contribution is -2.16. The molecule has 0 spiro atoms. The molecule has 0 aliphatic carbocycles. The van der Waals surface area contributed by atoms with E-state index < -0.39 is 0 Å². The molecule has 1 rings (SSSR count). The summed E-state index contributed by atoms with van der Waals surface area (Å²) in [6.45, 7) is 8.65. The summed E-state index contributed by atoms with van der Waals surface area (Å²) in [4.78, 5) is 0. The van der Waals surface area contributed by atoms with Crippen molar-refractivity contribution in [1.29, 1.82) is 0 Å². The second-order valence-corrected chi connectivity index (χ2v) is 6.25. The largest absolute Gasteiger partial charge is 0.392 e. The van der Waals surface area contributed by atoms with E-state index >= 15 is 0 Å². The Morgan fingerprint density at radius 2 is 1.82 bits per heavy atom. The quantitative estimate of drug-likeness (QED) is 0.832. The van der Waals surface area contributed by atoms with E-state index in [1.807, 2.05) is 11.8 Å². The van der Waals surface area contributed by atoms with Crippen LogP contribution >= 0.6 is 11.8 Å². The Morgan fingerprint density at radius 3 is 2.35 bits per heavy atom. The number of rotatable bonds is 6. The Hall–Kier alpha value is -0.470. The van der Waals surface area contributed by atoms with Crippen molar-refractivity contribution >= 4 is 11.8 Å². The van der Waals surface area contributed by atoms with Gasteiger partial charge in [-0.25, -0.2) is 0 Å². The molecule has 0 heterocycles. The third-order valence-electron chi connectivity index (χ3n) is 3.23. The molecule has 1 N–H and O–H groups in total. The van der Waals surface area contributed by atoms with Crippen LogP contribution in [0.25, 0.3) is 0 Å². The van der Waals surface area contributed by atoms with Crippen molar-refractivity contribution in [2.75, 3.05) is 5.75 Å². The Morgan fingerprint density at radius 1 is 1.24 bits per heavy atom. The number of hydrogen-bond donors (Lipinski definition) is 1. The van der Waals surface area contributed by atoms with Crippen LogP contribution in [0.3, 0.4) is 0 Å². The van der Waals surface area contributed by atoms with Crippen molar-refractivity contribution in [2.45, 2.75) is 51.9 Å². The zero-order valence-corrected chi connectivity index (χ0v) is 12.2. The number of thioether (sulfide) groups is 1. The van der Waals surface area contributed by atoms with E-state index in [1.54, 1.807) is 0 Å². The molecule has 1 aromatic rings. The zero-order chi connectivity index (χ0) is 12.8. The van der Waals surface area contributed by atoms with Gasteiger partial charge >= 0.3 is 0 Å². The summed E-state index contributed by atoms with van der Waals surface area (Å²) in [5.74, 6) is 0.836. The average Bonchev–Trinajstić information content (AvgIpc) is 2.31. The zero-order valence-electron chi connectivity index (χ0n) is 11.4. The van der Waals surface area contributed by atoms with Gasteiger partial charge in [0.05, 0.1) is 6.10 Å². The van der Waals surface area contributed by atoms with Gasteiger partial charge in [0, 0.05) is 11.0 Å². The second kappa shape index (κ2) is 7.07. The van der Waals surface area contributed by atoms with E-state index in [0.717, 1.165) is 12.2 Å². The molecule has 2 atom stereocenters. The molecular formula is C15H24OS. The van der Waals surface area contributed by atoms with Gasteiger partial charge in [-0.1, -0.05) is 32.0 Å². The molecule has 0 fully saturated rings. The van der Waals surface area contributed by atoms with Crippen LogP contribution in [-0.4, -0.2) is 22.2 Å². The van der Waals surface area contributed by atoms with Gasteiger partial charge < -0.3 is 5.11 Å². The maximum absolute atomic E-state index is 10.1. The van der Waals surface area contributed by atoms with Gasteiger partial charge in [-0.2, -0.15) is 11.8 Å². The molecule has 1 aromatic carbocycles. The second-order valence-electron chi connectivity index (χ2n) is 4.78. The van der Waals surface area contributed by atoms with Crippen LogP contribution in [0, 0.1) is 13.8 Å². The number of hydrogen-bond acceptors (Lipinski definition) is 2. The average molecular weight is 252 g/mol.